The second kappa shape index (κ2) is 9.54. The molecule has 1 saturated heterocycles. The van der Waals surface area contributed by atoms with E-state index in [0.717, 1.165) is 40.5 Å². The van der Waals surface area contributed by atoms with E-state index < -0.39 is 0 Å². The van der Waals surface area contributed by atoms with Crippen molar-refractivity contribution in [3.8, 4) is 11.5 Å². The van der Waals surface area contributed by atoms with Gasteiger partial charge in [0.2, 0.25) is 0 Å². The number of aromatic nitrogens is 1. The van der Waals surface area contributed by atoms with E-state index in [4.69, 9.17) is 26.1 Å². The van der Waals surface area contributed by atoms with Gasteiger partial charge >= 0.3 is 0 Å². The second-order valence-corrected chi connectivity index (χ2v) is 8.03. The number of ether oxygens (including phenoxy) is 2. The molecule has 0 unspecified atom stereocenters. The molecule has 0 radical (unpaired) electrons. The Morgan fingerprint density at radius 2 is 1.87 bits per heavy atom. The van der Waals surface area contributed by atoms with Gasteiger partial charge < -0.3 is 14.4 Å². The van der Waals surface area contributed by atoms with E-state index in [-0.39, 0.29) is 0 Å². The average Bonchev–Trinajstić information content (AvgIpc) is 2.79. The maximum absolute atomic E-state index is 6.34. The van der Waals surface area contributed by atoms with Crippen LogP contribution < -0.4 is 14.4 Å². The van der Waals surface area contributed by atoms with Crippen LogP contribution in [0, 0.1) is 0 Å². The van der Waals surface area contributed by atoms with E-state index >= 15 is 0 Å². The van der Waals surface area contributed by atoms with Crippen molar-refractivity contribution < 1.29 is 9.47 Å². The van der Waals surface area contributed by atoms with Crippen molar-refractivity contribution in [1.82, 2.24) is 9.88 Å². The summed E-state index contributed by atoms with van der Waals surface area (Å²) in [5, 5.41) is 1.68. The van der Waals surface area contributed by atoms with Gasteiger partial charge in [0.05, 0.1) is 17.6 Å². The largest absolute Gasteiger partial charge is 0.493 e. The average molecular weight is 426 g/mol. The van der Waals surface area contributed by atoms with Crippen LogP contribution in [0.3, 0.4) is 0 Å². The number of rotatable bonds is 7. The van der Waals surface area contributed by atoms with Crippen molar-refractivity contribution in [3.63, 3.8) is 0 Å². The summed E-state index contributed by atoms with van der Waals surface area (Å²) < 4.78 is 11.6. The van der Waals surface area contributed by atoms with Gasteiger partial charge in [-0.25, -0.2) is 4.98 Å². The van der Waals surface area contributed by atoms with Gasteiger partial charge in [0.15, 0.2) is 11.5 Å². The Morgan fingerprint density at radius 3 is 2.67 bits per heavy atom. The quantitative estimate of drug-likeness (QED) is 0.497. The highest BCUT2D eigenvalue weighted by molar-refractivity contribution is 6.35. The number of piperidine rings is 1. The topological polar surface area (TPSA) is 37.8 Å². The van der Waals surface area contributed by atoms with Gasteiger partial charge in [0, 0.05) is 30.7 Å². The molecule has 0 N–H and O–H groups in total. The Bertz CT molecular complexity index is 1000. The van der Waals surface area contributed by atoms with Crippen molar-refractivity contribution in [3.05, 3.63) is 53.6 Å². The second-order valence-electron chi connectivity index (χ2n) is 7.63. The molecule has 1 aliphatic rings. The molecule has 2 aromatic carbocycles. The van der Waals surface area contributed by atoms with Crippen molar-refractivity contribution >= 4 is 34.0 Å². The first-order chi connectivity index (χ1) is 14.7. The first-order valence-corrected chi connectivity index (χ1v) is 10.9. The van der Waals surface area contributed by atoms with Crippen molar-refractivity contribution in [2.24, 2.45) is 0 Å². The molecule has 4 rings (SSSR count). The van der Waals surface area contributed by atoms with Crippen LogP contribution >= 0.6 is 11.6 Å². The maximum atomic E-state index is 6.34. The van der Waals surface area contributed by atoms with Crippen LogP contribution in [0.25, 0.3) is 10.9 Å². The summed E-state index contributed by atoms with van der Waals surface area (Å²) in [7, 11) is 3.66. The molecular weight excluding hydrogens is 398 g/mol. The molecule has 6 heteroatoms. The molecular formula is C24H28ClN3O2. The smallest absolute Gasteiger partial charge is 0.163 e. The standard InChI is InChI=1S/C24H28ClN3O2/c1-27(23-12-9-18-7-6-8-20(25)24(18)26-23)19-10-11-21(29-2)22(17-19)30-16-15-28-13-4-3-5-14-28/h6-12,17H,3-5,13-16H2,1-2H3. The van der Waals surface area contributed by atoms with Crippen LogP contribution in [0.5, 0.6) is 11.5 Å². The van der Waals surface area contributed by atoms with Crippen LogP contribution in [-0.2, 0) is 0 Å². The fraction of sp³-hybridized carbons (Fsp3) is 0.375. The minimum atomic E-state index is 0.646. The van der Waals surface area contributed by atoms with Gasteiger partial charge in [-0.2, -0.15) is 0 Å². The number of benzene rings is 2. The zero-order chi connectivity index (χ0) is 20.9. The molecule has 0 atom stereocenters. The van der Waals surface area contributed by atoms with E-state index in [0.29, 0.717) is 11.6 Å². The number of nitrogens with zero attached hydrogens (tertiary/aromatic N) is 3. The lowest BCUT2D eigenvalue weighted by atomic mass is 10.1. The third-order valence-electron chi connectivity index (χ3n) is 5.65. The van der Waals surface area contributed by atoms with Crippen LogP contribution in [0.4, 0.5) is 11.5 Å². The predicted molar refractivity (Wildman–Crippen MR) is 124 cm³/mol. The third kappa shape index (κ3) is 4.63. The molecule has 3 aromatic rings. The Morgan fingerprint density at radius 1 is 1.03 bits per heavy atom. The zero-order valence-corrected chi connectivity index (χ0v) is 18.4. The lowest BCUT2D eigenvalue weighted by Gasteiger charge is -2.26. The van der Waals surface area contributed by atoms with Gasteiger partial charge in [-0.15, -0.1) is 0 Å². The first kappa shape index (κ1) is 20.8. The number of hydrogen-bond acceptors (Lipinski definition) is 5. The minimum absolute atomic E-state index is 0.646. The molecule has 0 spiro atoms. The van der Waals surface area contributed by atoms with Gasteiger partial charge in [-0.3, -0.25) is 4.90 Å². The number of methoxy groups -OCH3 is 1. The van der Waals surface area contributed by atoms with E-state index in [1.54, 1.807) is 7.11 Å². The summed E-state index contributed by atoms with van der Waals surface area (Å²) in [5.41, 5.74) is 1.78. The molecule has 0 saturated carbocycles. The summed E-state index contributed by atoms with van der Waals surface area (Å²) in [6.45, 7) is 3.92. The number of hydrogen-bond donors (Lipinski definition) is 0. The maximum Gasteiger partial charge on any atom is 0.163 e. The van der Waals surface area contributed by atoms with Crippen LogP contribution in [0.2, 0.25) is 5.02 Å². The molecule has 0 aliphatic carbocycles. The molecule has 0 bridgehead atoms. The molecule has 158 valence electrons. The minimum Gasteiger partial charge on any atom is -0.493 e. The van der Waals surface area contributed by atoms with Crippen LogP contribution in [0.15, 0.2) is 48.5 Å². The Balaban J connectivity index is 1.52. The van der Waals surface area contributed by atoms with Crippen LogP contribution in [-0.4, -0.2) is 50.3 Å². The fourth-order valence-corrected chi connectivity index (χ4v) is 4.10. The molecule has 1 fully saturated rings. The number of anilines is 2. The number of fused-ring (bicyclic) bond motifs is 1. The van der Waals surface area contributed by atoms with E-state index in [1.807, 2.05) is 60.5 Å². The number of halogens is 1. The first-order valence-electron chi connectivity index (χ1n) is 10.5. The lowest BCUT2D eigenvalue weighted by molar-refractivity contribution is 0.180. The molecule has 1 aromatic heterocycles. The van der Waals surface area contributed by atoms with Crippen molar-refractivity contribution in [2.75, 3.05) is 45.3 Å². The Labute approximate surface area is 183 Å². The Kier molecular flexibility index (Phi) is 6.60. The molecule has 30 heavy (non-hydrogen) atoms. The monoisotopic (exact) mass is 425 g/mol. The summed E-state index contributed by atoms with van der Waals surface area (Å²) in [6.07, 6.45) is 3.91. The number of para-hydroxylation sites is 1. The summed E-state index contributed by atoms with van der Waals surface area (Å²) >= 11 is 6.34. The number of pyridine rings is 1. The molecule has 2 heterocycles. The van der Waals surface area contributed by atoms with Gasteiger partial charge in [-0.05, 0) is 56.3 Å². The molecule has 1 aliphatic heterocycles. The van der Waals surface area contributed by atoms with E-state index in [9.17, 15) is 0 Å². The summed E-state index contributed by atoms with van der Waals surface area (Å²) in [6, 6.07) is 15.8. The summed E-state index contributed by atoms with van der Waals surface area (Å²) in [5.74, 6) is 2.30. The van der Waals surface area contributed by atoms with Crippen molar-refractivity contribution in [1.29, 1.82) is 0 Å². The Hall–Kier alpha value is -2.50. The third-order valence-corrected chi connectivity index (χ3v) is 5.95. The SMILES string of the molecule is COc1ccc(N(C)c2ccc3cccc(Cl)c3n2)cc1OCCN1CCCCC1. The normalized spacial score (nSPS) is 14.6. The van der Waals surface area contributed by atoms with Gasteiger partial charge in [0.25, 0.3) is 0 Å². The highest BCUT2D eigenvalue weighted by Crippen LogP contribution is 2.34. The summed E-state index contributed by atoms with van der Waals surface area (Å²) in [4.78, 5) is 9.26. The lowest BCUT2D eigenvalue weighted by Crippen LogP contribution is -2.33. The highest BCUT2D eigenvalue weighted by Gasteiger charge is 2.14. The van der Waals surface area contributed by atoms with Crippen LogP contribution in [0.1, 0.15) is 19.3 Å². The molecule has 5 nitrogen and oxygen atoms in total. The fourth-order valence-electron chi connectivity index (χ4n) is 3.87. The number of likely N-dealkylation sites (tertiary alicyclic amines) is 1. The van der Waals surface area contributed by atoms with Gasteiger partial charge in [0.1, 0.15) is 12.4 Å². The van der Waals surface area contributed by atoms with E-state index in [2.05, 4.69) is 4.90 Å². The van der Waals surface area contributed by atoms with Gasteiger partial charge in [-0.1, -0.05) is 30.2 Å². The highest BCUT2D eigenvalue weighted by atomic mass is 35.5. The zero-order valence-electron chi connectivity index (χ0n) is 17.6. The predicted octanol–water partition coefficient (Wildman–Crippen LogP) is 5.53. The van der Waals surface area contributed by atoms with E-state index in [1.165, 1.54) is 32.4 Å². The molecule has 0 amide bonds. The van der Waals surface area contributed by atoms with Crippen molar-refractivity contribution in [2.45, 2.75) is 19.3 Å².